The van der Waals surface area contributed by atoms with Gasteiger partial charge in [-0.15, -0.1) is 0 Å². The molecule has 0 aromatic carbocycles. The molecule has 1 aliphatic carbocycles. The molecule has 1 saturated heterocycles. The smallest absolute Gasteiger partial charge is 0.306 e. The van der Waals surface area contributed by atoms with Gasteiger partial charge in [0.2, 0.25) is 5.91 Å². The topological polar surface area (TPSA) is 81.7 Å². The van der Waals surface area contributed by atoms with E-state index >= 15 is 0 Å². The van der Waals surface area contributed by atoms with Crippen molar-refractivity contribution in [1.29, 1.82) is 0 Å². The number of hydrogen-bond acceptors (Lipinski definition) is 4. The molecule has 1 amide bonds. The highest BCUT2D eigenvalue weighted by Gasteiger charge is 2.32. The lowest BCUT2D eigenvalue weighted by Gasteiger charge is -2.20. The van der Waals surface area contributed by atoms with E-state index in [0.717, 1.165) is 51.9 Å². The van der Waals surface area contributed by atoms with E-state index in [0.29, 0.717) is 13.1 Å². The van der Waals surface area contributed by atoms with Crippen LogP contribution in [0.1, 0.15) is 25.7 Å². The second kappa shape index (κ2) is 7.59. The predicted octanol–water partition coefficient (Wildman–Crippen LogP) is -0.101. The molecule has 0 aromatic heterocycles. The van der Waals surface area contributed by atoms with Crippen LogP contribution in [0.4, 0.5) is 0 Å². The molecular weight excluding hydrogens is 258 g/mol. The summed E-state index contributed by atoms with van der Waals surface area (Å²) in [6, 6.07) is 0. The van der Waals surface area contributed by atoms with Crippen LogP contribution in [0.25, 0.3) is 0 Å². The number of rotatable bonds is 5. The first-order chi connectivity index (χ1) is 9.66. The molecule has 6 heteroatoms. The second-order valence-electron chi connectivity index (χ2n) is 5.82. The fourth-order valence-corrected chi connectivity index (χ4v) is 3.17. The lowest BCUT2D eigenvalue weighted by molar-refractivity contribution is -0.143. The molecule has 2 unspecified atom stereocenters. The summed E-state index contributed by atoms with van der Waals surface area (Å²) < 4.78 is 0. The van der Waals surface area contributed by atoms with Crippen LogP contribution in [0.5, 0.6) is 0 Å². The molecule has 0 bridgehead atoms. The zero-order chi connectivity index (χ0) is 14.4. The highest BCUT2D eigenvalue weighted by molar-refractivity contribution is 5.78. The Hall–Kier alpha value is -1.14. The van der Waals surface area contributed by atoms with Crippen molar-refractivity contribution in [1.82, 2.24) is 15.5 Å². The largest absolute Gasteiger partial charge is 0.481 e. The third kappa shape index (κ3) is 4.45. The number of carboxylic acid groups (broad SMARTS) is 1. The fourth-order valence-electron chi connectivity index (χ4n) is 3.17. The number of nitrogens with zero attached hydrogens (tertiary/aromatic N) is 1. The first-order valence-electron chi connectivity index (χ1n) is 7.59. The van der Waals surface area contributed by atoms with Crippen molar-refractivity contribution in [2.45, 2.75) is 25.7 Å². The molecule has 1 saturated carbocycles. The Labute approximate surface area is 119 Å². The van der Waals surface area contributed by atoms with Gasteiger partial charge in [-0.05, 0) is 38.3 Å². The van der Waals surface area contributed by atoms with Crippen molar-refractivity contribution < 1.29 is 14.7 Å². The monoisotopic (exact) mass is 283 g/mol. The molecule has 6 nitrogen and oxygen atoms in total. The van der Waals surface area contributed by atoms with Crippen LogP contribution in [0, 0.1) is 11.8 Å². The predicted molar refractivity (Wildman–Crippen MR) is 75.4 cm³/mol. The van der Waals surface area contributed by atoms with Crippen LogP contribution >= 0.6 is 0 Å². The fraction of sp³-hybridized carbons (Fsp3) is 0.857. The SMILES string of the molecule is O=C(CN1CCCNCC1)NCC1CCCC1C(=O)O. The van der Waals surface area contributed by atoms with Crippen molar-refractivity contribution in [2.24, 2.45) is 11.8 Å². The van der Waals surface area contributed by atoms with Crippen LogP contribution in [0.15, 0.2) is 0 Å². The van der Waals surface area contributed by atoms with E-state index in [9.17, 15) is 9.59 Å². The summed E-state index contributed by atoms with van der Waals surface area (Å²) in [5.41, 5.74) is 0. The number of nitrogens with one attached hydrogen (secondary N) is 2. The molecule has 2 atom stereocenters. The van der Waals surface area contributed by atoms with E-state index < -0.39 is 5.97 Å². The van der Waals surface area contributed by atoms with Gasteiger partial charge in [-0.1, -0.05) is 6.42 Å². The number of carbonyl (C=O) groups is 2. The Kier molecular flexibility index (Phi) is 5.79. The van der Waals surface area contributed by atoms with Gasteiger partial charge in [-0.2, -0.15) is 0 Å². The Balaban J connectivity index is 1.70. The van der Waals surface area contributed by atoms with Gasteiger partial charge < -0.3 is 15.7 Å². The van der Waals surface area contributed by atoms with E-state index in [4.69, 9.17) is 5.11 Å². The van der Waals surface area contributed by atoms with Gasteiger partial charge in [0.15, 0.2) is 0 Å². The van der Waals surface area contributed by atoms with Crippen LogP contribution < -0.4 is 10.6 Å². The van der Waals surface area contributed by atoms with E-state index in [1.54, 1.807) is 0 Å². The molecule has 2 fully saturated rings. The van der Waals surface area contributed by atoms with Crippen LogP contribution in [-0.4, -0.2) is 61.2 Å². The van der Waals surface area contributed by atoms with Gasteiger partial charge in [0.1, 0.15) is 0 Å². The highest BCUT2D eigenvalue weighted by Crippen LogP contribution is 2.31. The normalized spacial score (nSPS) is 28.0. The summed E-state index contributed by atoms with van der Waals surface area (Å²) in [6.07, 6.45) is 3.67. The quantitative estimate of drug-likeness (QED) is 0.656. The van der Waals surface area contributed by atoms with E-state index in [1.165, 1.54) is 0 Å². The van der Waals surface area contributed by atoms with Crippen LogP contribution in [0.2, 0.25) is 0 Å². The van der Waals surface area contributed by atoms with Crippen LogP contribution in [-0.2, 0) is 9.59 Å². The molecular formula is C14H25N3O3. The van der Waals surface area contributed by atoms with E-state index in [1.807, 2.05) is 0 Å². The summed E-state index contributed by atoms with van der Waals surface area (Å²) in [5, 5.41) is 15.3. The van der Waals surface area contributed by atoms with E-state index in [-0.39, 0.29) is 17.7 Å². The van der Waals surface area contributed by atoms with Gasteiger partial charge in [0.05, 0.1) is 12.5 Å². The summed E-state index contributed by atoms with van der Waals surface area (Å²) >= 11 is 0. The standard InChI is InChI=1S/C14H25N3O3/c18-13(10-17-7-2-5-15-6-8-17)16-9-11-3-1-4-12(11)14(19)20/h11-12,15H,1-10H2,(H,16,18)(H,19,20). The molecule has 2 rings (SSSR count). The summed E-state index contributed by atoms with van der Waals surface area (Å²) in [6.45, 7) is 4.71. The molecule has 114 valence electrons. The maximum atomic E-state index is 11.9. The van der Waals surface area contributed by atoms with Crippen molar-refractivity contribution in [3.8, 4) is 0 Å². The number of aliphatic carboxylic acids is 1. The van der Waals surface area contributed by atoms with Crippen molar-refractivity contribution >= 4 is 11.9 Å². The Bertz CT molecular complexity index is 341. The summed E-state index contributed by atoms with van der Waals surface area (Å²) in [5.74, 6) is -0.886. The highest BCUT2D eigenvalue weighted by atomic mass is 16.4. The van der Waals surface area contributed by atoms with Gasteiger partial charge >= 0.3 is 5.97 Å². The Morgan fingerprint density at radius 3 is 2.85 bits per heavy atom. The summed E-state index contributed by atoms with van der Waals surface area (Å²) in [7, 11) is 0. The first-order valence-corrected chi connectivity index (χ1v) is 7.59. The second-order valence-corrected chi connectivity index (χ2v) is 5.82. The van der Waals surface area contributed by atoms with Gasteiger partial charge in [0.25, 0.3) is 0 Å². The maximum absolute atomic E-state index is 11.9. The lowest BCUT2D eigenvalue weighted by atomic mass is 9.96. The average molecular weight is 283 g/mol. The number of amides is 1. The summed E-state index contributed by atoms with van der Waals surface area (Å²) in [4.78, 5) is 25.2. The molecule has 2 aliphatic rings. The molecule has 0 aromatic rings. The van der Waals surface area contributed by atoms with Gasteiger partial charge in [-0.3, -0.25) is 14.5 Å². The minimum absolute atomic E-state index is 0.0166. The van der Waals surface area contributed by atoms with Crippen molar-refractivity contribution in [2.75, 3.05) is 39.3 Å². The number of carboxylic acids is 1. The van der Waals surface area contributed by atoms with Crippen LogP contribution in [0.3, 0.4) is 0 Å². The average Bonchev–Trinajstić information content (AvgIpc) is 2.75. The Morgan fingerprint density at radius 2 is 2.05 bits per heavy atom. The molecule has 20 heavy (non-hydrogen) atoms. The third-order valence-electron chi connectivity index (χ3n) is 4.34. The van der Waals surface area contributed by atoms with Gasteiger partial charge in [-0.25, -0.2) is 0 Å². The molecule has 1 aliphatic heterocycles. The minimum atomic E-state index is -0.722. The molecule has 1 heterocycles. The number of hydrogen-bond donors (Lipinski definition) is 3. The third-order valence-corrected chi connectivity index (χ3v) is 4.34. The minimum Gasteiger partial charge on any atom is -0.481 e. The molecule has 0 spiro atoms. The zero-order valence-electron chi connectivity index (χ0n) is 11.9. The number of carbonyl (C=O) groups excluding carboxylic acids is 1. The molecule has 0 radical (unpaired) electrons. The zero-order valence-corrected chi connectivity index (χ0v) is 11.9. The molecule has 3 N–H and O–H groups in total. The maximum Gasteiger partial charge on any atom is 0.306 e. The van der Waals surface area contributed by atoms with E-state index in [2.05, 4.69) is 15.5 Å². The van der Waals surface area contributed by atoms with Crippen molar-refractivity contribution in [3.05, 3.63) is 0 Å². The lowest BCUT2D eigenvalue weighted by Crippen LogP contribution is -2.41. The first kappa shape index (κ1) is 15.3. The Morgan fingerprint density at radius 1 is 1.20 bits per heavy atom. The van der Waals surface area contributed by atoms with Crippen molar-refractivity contribution in [3.63, 3.8) is 0 Å². The van der Waals surface area contributed by atoms with Gasteiger partial charge in [0, 0.05) is 19.6 Å².